The number of hydrogen-bond acceptors (Lipinski definition) is 6. The summed E-state index contributed by atoms with van der Waals surface area (Å²) < 4.78 is 9.84. The molecule has 0 saturated heterocycles. The molecule has 3 heterocycles. The highest BCUT2D eigenvalue weighted by Crippen LogP contribution is 2.42. The van der Waals surface area contributed by atoms with Crippen LogP contribution in [0.1, 0.15) is 0 Å². The molecule has 0 aliphatic carbocycles. The molecule has 3 aromatic heterocycles. The van der Waals surface area contributed by atoms with Crippen LogP contribution in [0.4, 0.5) is 0 Å². The van der Waals surface area contributed by atoms with E-state index in [0.29, 0.717) is 5.82 Å². The van der Waals surface area contributed by atoms with Crippen molar-refractivity contribution in [3.05, 3.63) is 200 Å². The first-order chi connectivity index (χ1) is 29.2. The molecule has 6 heteroatoms. The fourth-order valence-corrected chi connectivity index (χ4v) is 8.64. The molecule has 0 N–H and O–H groups in total. The van der Waals surface area contributed by atoms with Gasteiger partial charge in [0, 0.05) is 44.0 Å². The van der Waals surface area contributed by atoms with Crippen molar-refractivity contribution in [1.29, 1.82) is 0 Å². The van der Waals surface area contributed by atoms with Gasteiger partial charge >= 0.3 is 0 Å². The zero-order valence-electron chi connectivity index (χ0n) is 31.7. The van der Waals surface area contributed by atoms with Gasteiger partial charge in [-0.2, -0.15) is 8.75 Å². The topological polar surface area (TPSA) is 64.5 Å². The Morgan fingerprint density at radius 1 is 0.322 bits per heavy atom. The molecule has 0 amide bonds. The average molecular weight is 772 g/mol. The Balaban J connectivity index is 1.10. The zero-order valence-corrected chi connectivity index (χ0v) is 32.5. The predicted molar refractivity (Wildman–Crippen MR) is 244 cm³/mol. The first kappa shape index (κ1) is 34.6. The first-order valence-corrected chi connectivity index (χ1v) is 20.3. The lowest BCUT2D eigenvalue weighted by atomic mass is 9.93. The molecule has 8 aromatic carbocycles. The fraction of sp³-hybridized carbons (Fsp3) is 0. The number of fused-ring (bicyclic) bond motifs is 5. The van der Waals surface area contributed by atoms with E-state index >= 15 is 0 Å². The third-order valence-electron chi connectivity index (χ3n) is 10.9. The SMILES string of the molecule is c1ccc(-c2cccc(-c3cc(-c4cccc(-c5cc6c(-c7ccccc7)nc7ccccc7c6c6nsnc56)c4)nc(-c4cccc(-c5ccccc5)c4)n3)c2)cc1. The maximum Gasteiger partial charge on any atom is 0.160 e. The maximum atomic E-state index is 5.29. The molecule has 0 unspecified atom stereocenters. The van der Waals surface area contributed by atoms with Crippen LogP contribution >= 0.6 is 11.7 Å². The summed E-state index contributed by atoms with van der Waals surface area (Å²) in [6, 6.07) is 69.6. The van der Waals surface area contributed by atoms with Crippen molar-refractivity contribution in [3.63, 3.8) is 0 Å². The molecule has 0 bridgehead atoms. The molecular weight excluding hydrogens is 739 g/mol. The molecule has 276 valence electrons. The van der Waals surface area contributed by atoms with Crippen LogP contribution in [0.5, 0.6) is 0 Å². The highest BCUT2D eigenvalue weighted by atomic mass is 32.1. The summed E-state index contributed by atoms with van der Waals surface area (Å²) in [6.07, 6.45) is 0. The van der Waals surface area contributed by atoms with Gasteiger partial charge in [0.2, 0.25) is 0 Å². The van der Waals surface area contributed by atoms with Gasteiger partial charge in [0.15, 0.2) is 5.82 Å². The number of para-hydroxylation sites is 1. The summed E-state index contributed by atoms with van der Waals surface area (Å²) in [5, 5.41) is 3.17. The van der Waals surface area contributed by atoms with Crippen LogP contribution in [-0.4, -0.2) is 23.7 Å². The third kappa shape index (κ3) is 6.42. The van der Waals surface area contributed by atoms with E-state index in [4.69, 9.17) is 23.7 Å². The number of aromatic nitrogens is 5. The van der Waals surface area contributed by atoms with Gasteiger partial charge in [-0.3, -0.25) is 0 Å². The molecule has 11 rings (SSSR count). The van der Waals surface area contributed by atoms with E-state index in [-0.39, 0.29) is 0 Å². The smallest absolute Gasteiger partial charge is 0.160 e. The van der Waals surface area contributed by atoms with Crippen molar-refractivity contribution in [2.24, 2.45) is 0 Å². The largest absolute Gasteiger partial charge is 0.247 e. The molecule has 5 nitrogen and oxygen atoms in total. The van der Waals surface area contributed by atoms with E-state index in [1.165, 1.54) is 11.7 Å². The standard InChI is InChI=1S/C53H33N5S/c1-4-15-34(16-5-1)37-21-12-24-40(29-37)47-33-48(56-53(55-47)42-26-13-22-38(30-42)35-17-6-2-7-18-35)41-25-14-23-39(31-41)44-32-45-49(52-51(44)57-59-58-52)43-27-10-11-28-46(43)54-50(45)36-19-8-3-9-20-36/h1-33H. The average Bonchev–Trinajstić information content (AvgIpc) is 3.82. The summed E-state index contributed by atoms with van der Waals surface area (Å²) in [6.45, 7) is 0. The monoisotopic (exact) mass is 771 g/mol. The van der Waals surface area contributed by atoms with Crippen molar-refractivity contribution in [3.8, 4) is 78.5 Å². The summed E-state index contributed by atoms with van der Waals surface area (Å²) in [7, 11) is 0. The fourth-order valence-electron chi connectivity index (χ4n) is 8.08. The van der Waals surface area contributed by atoms with Gasteiger partial charge in [0.1, 0.15) is 11.0 Å². The van der Waals surface area contributed by atoms with Gasteiger partial charge in [-0.05, 0) is 64.2 Å². The first-order valence-electron chi connectivity index (χ1n) is 19.6. The van der Waals surface area contributed by atoms with E-state index in [1.807, 2.05) is 24.3 Å². The number of benzene rings is 8. The van der Waals surface area contributed by atoms with Crippen molar-refractivity contribution >= 4 is 44.4 Å². The number of nitrogens with zero attached hydrogens (tertiary/aromatic N) is 5. The summed E-state index contributed by atoms with van der Waals surface area (Å²) >= 11 is 1.24. The quantitative estimate of drug-likeness (QED) is 0.151. The van der Waals surface area contributed by atoms with Crippen LogP contribution in [0.2, 0.25) is 0 Å². The normalized spacial score (nSPS) is 11.4. The van der Waals surface area contributed by atoms with Gasteiger partial charge in [-0.25, -0.2) is 15.0 Å². The van der Waals surface area contributed by atoms with E-state index in [9.17, 15) is 0 Å². The number of rotatable bonds is 7. The Kier molecular flexibility index (Phi) is 8.60. The van der Waals surface area contributed by atoms with Crippen molar-refractivity contribution in [2.45, 2.75) is 0 Å². The van der Waals surface area contributed by atoms with Crippen LogP contribution in [0.15, 0.2) is 200 Å². The Labute approximate surface area is 345 Å². The minimum atomic E-state index is 0.660. The predicted octanol–water partition coefficient (Wildman–Crippen LogP) is 13.9. The van der Waals surface area contributed by atoms with Crippen molar-refractivity contribution in [1.82, 2.24) is 23.7 Å². The Morgan fingerprint density at radius 3 is 1.47 bits per heavy atom. The van der Waals surface area contributed by atoms with Gasteiger partial charge in [-0.15, -0.1) is 0 Å². The highest BCUT2D eigenvalue weighted by Gasteiger charge is 2.20. The van der Waals surface area contributed by atoms with E-state index in [0.717, 1.165) is 105 Å². The van der Waals surface area contributed by atoms with Gasteiger partial charge in [0.25, 0.3) is 0 Å². The van der Waals surface area contributed by atoms with Crippen LogP contribution < -0.4 is 0 Å². The summed E-state index contributed by atoms with van der Waals surface area (Å²) in [4.78, 5) is 15.8. The second kappa shape index (κ2) is 14.7. The molecule has 11 aromatic rings. The summed E-state index contributed by atoms with van der Waals surface area (Å²) in [5.74, 6) is 0.660. The lowest BCUT2D eigenvalue weighted by Crippen LogP contribution is -1.97. The van der Waals surface area contributed by atoms with Crippen LogP contribution in [0.3, 0.4) is 0 Å². The highest BCUT2D eigenvalue weighted by molar-refractivity contribution is 7.00. The van der Waals surface area contributed by atoms with Gasteiger partial charge in [-0.1, -0.05) is 164 Å². The van der Waals surface area contributed by atoms with Crippen molar-refractivity contribution in [2.75, 3.05) is 0 Å². The van der Waals surface area contributed by atoms with Gasteiger partial charge < -0.3 is 0 Å². The molecule has 0 saturated carbocycles. The van der Waals surface area contributed by atoms with Crippen LogP contribution in [0, 0.1) is 0 Å². The third-order valence-corrected chi connectivity index (χ3v) is 11.5. The number of hydrogen-bond donors (Lipinski definition) is 0. The van der Waals surface area contributed by atoms with Gasteiger partial charge in [0.05, 0.1) is 34.3 Å². The molecule has 0 spiro atoms. The maximum absolute atomic E-state index is 5.29. The second-order valence-corrected chi connectivity index (χ2v) is 15.1. The van der Waals surface area contributed by atoms with E-state index in [2.05, 4.69) is 176 Å². The van der Waals surface area contributed by atoms with Crippen LogP contribution in [0.25, 0.3) is 111 Å². The molecular formula is C53H33N5S. The van der Waals surface area contributed by atoms with E-state index < -0.39 is 0 Å². The second-order valence-electron chi connectivity index (χ2n) is 14.6. The van der Waals surface area contributed by atoms with Crippen LogP contribution in [-0.2, 0) is 0 Å². The molecule has 0 aliphatic heterocycles. The Bertz CT molecular complexity index is 3230. The minimum Gasteiger partial charge on any atom is -0.247 e. The zero-order chi connectivity index (χ0) is 39.1. The molecule has 59 heavy (non-hydrogen) atoms. The minimum absolute atomic E-state index is 0.660. The van der Waals surface area contributed by atoms with Crippen molar-refractivity contribution < 1.29 is 0 Å². The summed E-state index contributed by atoms with van der Waals surface area (Å²) in [5.41, 5.74) is 15.8. The van der Waals surface area contributed by atoms with E-state index in [1.54, 1.807) is 0 Å². The Morgan fingerprint density at radius 2 is 0.814 bits per heavy atom. The molecule has 0 fully saturated rings. The lowest BCUT2D eigenvalue weighted by molar-refractivity contribution is 1.18. The molecule has 0 atom stereocenters. The molecule has 0 aliphatic rings. The lowest BCUT2D eigenvalue weighted by Gasteiger charge is -2.14. The Hall–Kier alpha value is -7.67. The number of pyridine rings is 1. The molecule has 0 radical (unpaired) electrons.